The summed E-state index contributed by atoms with van der Waals surface area (Å²) in [5.74, 6) is 0.168. The van der Waals surface area contributed by atoms with Gasteiger partial charge < -0.3 is 14.8 Å². The fourth-order valence-electron chi connectivity index (χ4n) is 2.57. The SMILES string of the molecule is COc1cc(C(=O)Nc2ccc(C)cc2)ccc1Oc1ccc(Cl)cc1[N+](=O)[O-]. The van der Waals surface area contributed by atoms with Gasteiger partial charge in [-0.05, 0) is 49.4 Å². The quantitative estimate of drug-likeness (QED) is 0.419. The summed E-state index contributed by atoms with van der Waals surface area (Å²) < 4.78 is 11.0. The molecule has 0 aromatic heterocycles. The number of nitro groups is 1. The molecule has 0 radical (unpaired) electrons. The molecule has 0 saturated carbocycles. The van der Waals surface area contributed by atoms with Gasteiger partial charge in [-0.1, -0.05) is 29.3 Å². The number of amides is 1. The summed E-state index contributed by atoms with van der Waals surface area (Å²) in [4.78, 5) is 23.2. The van der Waals surface area contributed by atoms with Crippen LogP contribution in [0.5, 0.6) is 17.2 Å². The van der Waals surface area contributed by atoms with Crippen LogP contribution in [-0.4, -0.2) is 17.9 Å². The molecule has 0 saturated heterocycles. The van der Waals surface area contributed by atoms with Crippen molar-refractivity contribution in [2.24, 2.45) is 0 Å². The first-order valence-electron chi connectivity index (χ1n) is 8.55. The Morgan fingerprint density at radius 2 is 1.69 bits per heavy atom. The van der Waals surface area contributed by atoms with Gasteiger partial charge in [0.25, 0.3) is 5.91 Å². The zero-order chi connectivity index (χ0) is 21.0. The van der Waals surface area contributed by atoms with Gasteiger partial charge in [0.2, 0.25) is 5.75 Å². The fourth-order valence-corrected chi connectivity index (χ4v) is 2.74. The van der Waals surface area contributed by atoms with Gasteiger partial charge in [-0.3, -0.25) is 14.9 Å². The average molecular weight is 413 g/mol. The molecule has 0 atom stereocenters. The minimum absolute atomic E-state index is 0.00885. The van der Waals surface area contributed by atoms with E-state index < -0.39 is 4.92 Å². The molecule has 0 fully saturated rings. The van der Waals surface area contributed by atoms with E-state index in [0.29, 0.717) is 11.3 Å². The first kappa shape index (κ1) is 20.2. The highest BCUT2D eigenvalue weighted by Crippen LogP contribution is 2.38. The number of nitrogens with zero attached hydrogens (tertiary/aromatic N) is 1. The lowest BCUT2D eigenvalue weighted by molar-refractivity contribution is -0.385. The molecule has 148 valence electrons. The van der Waals surface area contributed by atoms with Crippen LogP contribution in [0.4, 0.5) is 11.4 Å². The summed E-state index contributed by atoms with van der Waals surface area (Å²) in [6.07, 6.45) is 0. The van der Waals surface area contributed by atoms with E-state index in [1.165, 1.54) is 37.4 Å². The molecule has 0 aliphatic rings. The maximum absolute atomic E-state index is 12.5. The molecule has 0 bridgehead atoms. The van der Waals surface area contributed by atoms with Gasteiger partial charge in [0.1, 0.15) is 0 Å². The zero-order valence-electron chi connectivity index (χ0n) is 15.6. The summed E-state index contributed by atoms with van der Waals surface area (Å²) in [5, 5.41) is 14.3. The van der Waals surface area contributed by atoms with E-state index in [2.05, 4.69) is 5.32 Å². The molecule has 3 aromatic carbocycles. The number of halogens is 1. The predicted molar refractivity (Wildman–Crippen MR) is 110 cm³/mol. The van der Waals surface area contributed by atoms with E-state index in [-0.39, 0.29) is 33.9 Å². The largest absolute Gasteiger partial charge is 0.493 e. The number of carbonyl (C=O) groups is 1. The molecule has 0 unspecified atom stereocenters. The molecule has 0 aliphatic carbocycles. The van der Waals surface area contributed by atoms with Crippen molar-refractivity contribution in [2.75, 3.05) is 12.4 Å². The van der Waals surface area contributed by atoms with E-state index in [4.69, 9.17) is 21.1 Å². The summed E-state index contributed by atoms with van der Waals surface area (Å²) in [7, 11) is 1.42. The Bertz CT molecular complexity index is 1070. The van der Waals surface area contributed by atoms with Gasteiger partial charge in [0, 0.05) is 22.3 Å². The number of rotatable bonds is 6. The number of carbonyl (C=O) groups excluding carboxylic acids is 1. The van der Waals surface area contributed by atoms with Crippen LogP contribution < -0.4 is 14.8 Å². The van der Waals surface area contributed by atoms with Crippen LogP contribution in [0.1, 0.15) is 15.9 Å². The average Bonchev–Trinajstić information content (AvgIpc) is 2.71. The maximum atomic E-state index is 12.5. The molecule has 1 amide bonds. The number of nitrogens with one attached hydrogen (secondary N) is 1. The van der Waals surface area contributed by atoms with Crippen LogP contribution in [0, 0.1) is 17.0 Å². The third-order valence-corrected chi connectivity index (χ3v) is 4.31. The predicted octanol–water partition coefficient (Wildman–Crippen LogP) is 5.61. The van der Waals surface area contributed by atoms with Gasteiger partial charge in [0.15, 0.2) is 11.5 Å². The van der Waals surface area contributed by atoms with Crippen LogP contribution in [0.2, 0.25) is 5.02 Å². The van der Waals surface area contributed by atoms with Crippen molar-refractivity contribution in [3.8, 4) is 17.2 Å². The Kier molecular flexibility index (Phi) is 5.99. The van der Waals surface area contributed by atoms with Crippen molar-refractivity contribution in [1.82, 2.24) is 0 Å². The Morgan fingerprint density at radius 1 is 1.00 bits per heavy atom. The maximum Gasteiger partial charge on any atom is 0.313 e. The highest BCUT2D eigenvalue weighted by Gasteiger charge is 2.19. The van der Waals surface area contributed by atoms with Gasteiger partial charge in [-0.15, -0.1) is 0 Å². The molecule has 0 aliphatic heterocycles. The van der Waals surface area contributed by atoms with Crippen molar-refractivity contribution < 1.29 is 19.2 Å². The molecule has 3 rings (SSSR count). The van der Waals surface area contributed by atoms with E-state index >= 15 is 0 Å². The Labute approximate surface area is 172 Å². The van der Waals surface area contributed by atoms with Crippen molar-refractivity contribution in [3.05, 3.63) is 86.9 Å². The zero-order valence-corrected chi connectivity index (χ0v) is 16.4. The molecule has 0 heterocycles. The number of aryl methyl sites for hydroxylation is 1. The third kappa shape index (κ3) is 4.83. The smallest absolute Gasteiger partial charge is 0.313 e. The number of hydrogen-bond donors (Lipinski definition) is 1. The fraction of sp³-hybridized carbons (Fsp3) is 0.0952. The number of hydrogen-bond acceptors (Lipinski definition) is 5. The summed E-state index contributed by atoms with van der Waals surface area (Å²) >= 11 is 5.82. The molecule has 29 heavy (non-hydrogen) atoms. The minimum atomic E-state index is -0.586. The lowest BCUT2D eigenvalue weighted by Crippen LogP contribution is -2.12. The highest BCUT2D eigenvalue weighted by atomic mass is 35.5. The monoisotopic (exact) mass is 412 g/mol. The van der Waals surface area contributed by atoms with Crippen LogP contribution in [0.15, 0.2) is 60.7 Å². The third-order valence-electron chi connectivity index (χ3n) is 4.07. The van der Waals surface area contributed by atoms with Crippen molar-refractivity contribution in [2.45, 2.75) is 6.92 Å². The van der Waals surface area contributed by atoms with Crippen molar-refractivity contribution >= 4 is 28.9 Å². The van der Waals surface area contributed by atoms with Crippen LogP contribution in [0.3, 0.4) is 0 Å². The van der Waals surface area contributed by atoms with Gasteiger partial charge in [-0.25, -0.2) is 0 Å². The van der Waals surface area contributed by atoms with Crippen molar-refractivity contribution in [1.29, 1.82) is 0 Å². The molecule has 0 spiro atoms. The van der Waals surface area contributed by atoms with Gasteiger partial charge in [-0.2, -0.15) is 0 Å². The lowest BCUT2D eigenvalue weighted by atomic mass is 10.1. The second-order valence-corrected chi connectivity index (χ2v) is 6.59. The minimum Gasteiger partial charge on any atom is -0.493 e. The molecule has 3 aromatic rings. The number of anilines is 1. The van der Waals surface area contributed by atoms with E-state index in [1.54, 1.807) is 6.07 Å². The van der Waals surface area contributed by atoms with Gasteiger partial charge in [0.05, 0.1) is 12.0 Å². The molecular formula is C21H17ClN2O5. The van der Waals surface area contributed by atoms with Crippen molar-refractivity contribution in [3.63, 3.8) is 0 Å². The molecular weight excluding hydrogens is 396 g/mol. The first-order chi connectivity index (χ1) is 13.9. The second kappa shape index (κ2) is 8.62. The highest BCUT2D eigenvalue weighted by molar-refractivity contribution is 6.30. The molecule has 8 heteroatoms. The number of benzene rings is 3. The number of nitro benzene ring substituents is 1. The summed E-state index contributed by atoms with van der Waals surface area (Å²) in [6.45, 7) is 1.96. The van der Waals surface area contributed by atoms with Gasteiger partial charge >= 0.3 is 5.69 Å². The first-order valence-corrected chi connectivity index (χ1v) is 8.93. The normalized spacial score (nSPS) is 10.3. The topological polar surface area (TPSA) is 90.7 Å². The number of methoxy groups -OCH3 is 1. The standard InChI is InChI=1S/C21H17ClN2O5/c1-13-3-7-16(8-4-13)23-21(25)14-5-9-19(20(11-14)28-2)29-18-10-6-15(22)12-17(18)24(26)27/h3-12H,1-2H3,(H,23,25). The summed E-state index contributed by atoms with van der Waals surface area (Å²) in [6, 6.07) is 16.1. The van der Waals surface area contributed by atoms with E-state index in [9.17, 15) is 14.9 Å². The van der Waals surface area contributed by atoms with Crippen LogP contribution >= 0.6 is 11.6 Å². The number of ether oxygens (including phenoxy) is 2. The van der Waals surface area contributed by atoms with E-state index in [0.717, 1.165) is 5.56 Å². The Hall–Kier alpha value is -3.58. The summed E-state index contributed by atoms with van der Waals surface area (Å²) in [5.41, 5.74) is 1.82. The Balaban J connectivity index is 1.85. The van der Waals surface area contributed by atoms with Crippen LogP contribution in [0.25, 0.3) is 0 Å². The van der Waals surface area contributed by atoms with Crippen LogP contribution in [-0.2, 0) is 0 Å². The Morgan fingerprint density at radius 3 is 2.34 bits per heavy atom. The molecule has 1 N–H and O–H groups in total. The second-order valence-electron chi connectivity index (χ2n) is 6.16. The molecule has 7 nitrogen and oxygen atoms in total. The van der Waals surface area contributed by atoms with E-state index in [1.807, 2.05) is 31.2 Å². The lowest BCUT2D eigenvalue weighted by Gasteiger charge is -2.12.